The molecule has 1 saturated carbocycles. The number of pyridine rings is 1. The third kappa shape index (κ3) is 3.53. The Balaban J connectivity index is 2.12. The molecule has 0 spiro atoms. The second-order valence-electron chi connectivity index (χ2n) is 4.39. The largest absolute Gasteiger partial charge is 0.480 e. The van der Waals surface area contributed by atoms with Crippen LogP contribution in [0.5, 0.6) is 0 Å². The van der Waals surface area contributed by atoms with Crippen molar-refractivity contribution in [3.05, 3.63) is 28.5 Å². The van der Waals surface area contributed by atoms with Crippen LogP contribution in [0, 0.1) is 5.92 Å². The molecule has 0 saturated heterocycles. The second kappa shape index (κ2) is 5.48. The normalized spacial score (nSPS) is 14.3. The molecule has 0 unspecified atom stereocenters. The smallest absolute Gasteiger partial charge is 0.323 e. The van der Waals surface area contributed by atoms with Gasteiger partial charge in [-0.2, -0.15) is 0 Å². The maximum atomic E-state index is 12.2. The van der Waals surface area contributed by atoms with Crippen molar-refractivity contribution in [1.82, 2.24) is 9.88 Å². The van der Waals surface area contributed by atoms with Crippen LogP contribution < -0.4 is 0 Å². The minimum atomic E-state index is -0.989. The summed E-state index contributed by atoms with van der Waals surface area (Å²) in [7, 11) is 0. The molecule has 1 aromatic heterocycles. The summed E-state index contributed by atoms with van der Waals surface area (Å²) in [6, 6.07) is 3.19. The number of carboxylic acids is 1. The number of carbonyl (C=O) groups is 2. The Morgan fingerprint density at radius 3 is 2.78 bits per heavy atom. The van der Waals surface area contributed by atoms with Crippen LogP contribution in [0.25, 0.3) is 0 Å². The van der Waals surface area contributed by atoms with E-state index in [4.69, 9.17) is 5.11 Å². The van der Waals surface area contributed by atoms with Crippen molar-refractivity contribution >= 4 is 27.8 Å². The van der Waals surface area contributed by atoms with Gasteiger partial charge in [-0.25, -0.2) is 4.98 Å². The molecule has 2 rings (SSSR count). The standard InChI is InChI=1S/C12H13BrN2O3/c13-10-5-9(3-4-14-10)12(18)15(7-11(16)17)6-8-1-2-8/h3-5,8H,1-2,6-7H2,(H,16,17). The van der Waals surface area contributed by atoms with Crippen molar-refractivity contribution in [3.63, 3.8) is 0 Å². The number of aliphatic carboxylic acids is 1. The van der Waals surface area contributed by atoms with Crippen molar-refractivity contribution in [3.8, 4) is 0 Å². The molecule has 1 heterocycles. The average Bonchev–Trinajstić information content (AvgIpc) is 3.10. The van der Waals surface area contributed by atoms with E-state index in [0.29, 0.717) is 22.6 Å². The molecule has 0 atom stereocenters. The van der Waals surface area contributed by atoms with Crippen molar-refractivity contribution in [2.75, 3.05) is 13.1 Å². The molecule has 1 aromatic rings. The number of halogens is 1. The highest BCUT2D eigenvalue weighted by atomic mass is 79.9. The van der Waals surface area contributed by atoms with Crippen LogP contribution in [-0.4, -0.2) is 40.0 Å². The number of carboxylic acid groups (broad SMARTS) is 1. The fourth-order valence-electron chi connectivity index (χ4n) is 1.71. The minimum absolute atomic E-state index is 0.255. The predicted octanol–water partition coefficient (Wildman–Crippen LogP) is 1.78. The van der Waals surface area contributed by atoms with Gasteiger partial charge < -0.3 is 10.0 Å². The number of hydrogen-bond donors (Lipinski definition) is 1. The first kappa shape index (κ1) is 13.0. The number of carbonyl (C=O) groups excluding carboxylic acids is 1. The summed E-state index contributed by atoms with van der Waals surface area (Å²) in [5.41, 5.74) is 0.457. The Kier molecular flexibility index (Phi) is 3.96. The van der Waals surface area contributed by atoms with Gasteiger partial charge in [0.25, 0.3) is 5.91 Å². The molecule has 0 aromatic carbocycles. The lowest BCUT2D eigenvalue weighted by Crippen LogP contribution is -2.37. The summed E-state index contributed by atoms with van der Waals surface area (Å²) in [6.45, 7) is 0.264. The molecule has 6 heteroatoms. The lowest BCUT2D eigenvalue weighted by Gasteiger charge is -2.20. The molecule has 1 aliphatic carbocycles. The van der Waals surface area contributed by atoms with Crippen molar-refractivity contribution < 1.29 is 14.7 Å². The number of hydrogen-bond acceptors (Lipinski definition) is 3. The van der Waals surface area contributed by atoms with E-state index in [9.17, 15) is 9.59 Å². The molecule has 0 aliphatic heterocycles. The lowest BCUT2D eigenvalue weighted by molar-refractivity contribution is -0.137. The van der Waals surface area contributed by atoms with Crippen molar-refractivity contribution in [1.29, 1.82) is 0 Å². The first-order valence-electron chi connectivity index (χ1n) is 5.69. The molecule has 5 nitrogen and oxygen atoms in total. The highest BCUT2D eigenvalue weighted by molar-refractivity contribution is 9.10. The second-order valence-corrected chi connectivity index (χ2v) is 5.20. The highest BCUT2D eigenvalue weighted by Gasteiger charge is 2.28. The van der Waals surface area contributed by atoms with Crippen LogP contribution >= 0.6 is 15.9 Å². The fourth-order valence-corrected chi connectivity index (χ4v) is 2.08. The van der Waals surface area contributed by atoms with E-state index in [-0.39, 0.29) is 12.5 Å². The van der Waals surface area contributed by atoms with Crippen LogP contribution in [0.4, 0.5) is 0 Å². The van der Waals surface area contributed by atoms with E-state index >= 15 is 0 Å². The minimum Gasteiger partial charge on any atom is -0.480 e. The Labute approximate surface area is 113 Å². The van der Waals surface area contributed by atoms with Gasteiger partial charge in [0, 0.05) is 18.3 Å². The fraction of sp³-hybridized carbons (Fsp3) is 0.417. The topological polar surface area (TPSA) is 70.5 Å². The van der Waals surface area contributed by atoms with Crippen molar-refractivity contribution in [2.45, 2.75) is 12.8 Å². The molecule has 0 bridgehead atoms. The quantitative estimate of drug-likeness (QED) is 0.841. The summed E-state index contributed by atoms with van der Waals surface area (Å²) in [6.07, 6.45) is 3.67. The van der Waals surface area contributed by atoms with E-state index in [0.717, 1.165) is 12.8 Å². The SMILES string of the molecule is O=C(O)CN(CC1CC1)C(=O)c1ccnc(Br)c1. The molecule has 1 aliphatic rings. The lowest BCUT2D eigenvalue weighted by atomic mass is 10.2. The number of aromatic nitrogens is 1. The zero-order valence-electron chi connectivity index (χ0n) is 9.67. The first-order chi connectivity index (χ1) is 8.56. The van der Waals surface area contributed by atoms with Gasteiger partial charge in [-0.05, 0) is 46.8 Å². The van der Waals surface area contributed by atoms with E-state index in [1.807, 2.05) is 0 Å². The van der Waals surface area contributed by atoms with E-state index < -0.39 is 5.97 Å². The van der Waals surface area contributed by atoms with Gasteiger partial charge in [-0.3, -0.25) is 9.59 Å². The van der Waals surface area contributed by atoms with Crippen LogP contribution in [0.15, 0.2) is 22.9 Å². The van der Waals surface area contributed by atoms with Gasteiger partial charge in [-0.1, -0.05) is 0 Å². The first-order valence-corrected chi connectivity index (χ1v) is 6.48. The van der Waals surface area contributed by atoms with Gasteiger partial charge in [0.2, 0.25) is 0 Å². The predicted molar refractivity (Wildman–Crippen MR) is 68.2 cm³/mol. The summed E-state index contributed by atoms with van der Waals surface area (Å²) in [5, 5.41) is 8.85. The molecule has 1 amide bonds. The van der Waals surface area contributed by atoms with Crippen LogP contribution in [0.2, 0.25) is 0 Å². The molecule has 0 radical (unpaired) electrons. The van der Waals surface area contributed by atoms with E-state index in [2.05, 4.69) is 20.9 Å². The zero-order chi connectivity index (χ0) is 13.1. The Morgan fingerprint density at radius 2 is 2.22 bits per heavy atom. The Bertz CT molecular complexity index is 474. The van der Waals surface area contributed by atoms with Gasteiger partial charge >= 0.3 is 5.97 Å². The highest BCUT2D eigenvalue weighted by Crippen LogP contribution is 2.30. The van der Waals surface area contributed by atoms with Gasteiger partial charge in [-0.15, -0.1) is 0 Å². The van der Waals surface area contributed by atoms with Crippen molar-refractivity contribution in [2.24, 2.45) is 5.92 Å². The van der Waals surface area contributed by atoms with Gasteiger partial charge in [0.05, 0.1) is 0 Å². The maximum Gasteiger partial charge on any atom is 0.323 e. The third-order valence-corrected chi connectivity index (χ3v) is 3.20. The Morgan fingerprint density at radius 1 is 1.50 bits per heavy atom. The molecular weight excluding hydrogens is 300 g/mol. The number of amides is 1. The number of nitrogens with zero attached hydrogens (tertiary/aromatic N) is 2. The molecule has 1 fully saturated rings. The Hall–Kier alpha value is -1.43. The average molecular weight is 313 g/mol. The number of rotatable bonds is 5. The molecular formula is C12H13BrN2O3. The van der Waals surface area contributed by atoms with Crippen LogP contribution in [-0.2, 0) is 4.79 Å². The zero-order valence-corrected chi connectivity index (χ0v) is 11.3. The third-order valence-electron chi connectivity index (χ3n) is 2.76. The van der Waals surface area contributed by atoms with E-state index in [1.54, 1.807) is 12.1 Å². The van der Waals surface area contributed by atoms with E-state index in [1.165, 1.54) is 11.1 Å². The van der Waals surface area contributed by atoms with Gasteiger partial charge in [0.15, 0.2) is 0 Å². The summed E-state index contributed by atoms with van der Waals surface area (Å²) >= 11 is 3.20. The summed E-state index contributed by atoms with van der Waals surface area (Å²) in [5.74, 6) is -0.789. The van der Waals surface area contributed by atoms with Crippen LogP contribution in [0.3, 0.4) is 0 Å². The molecule has 18 heavy (non-hydrogen) atoms. The van der Waals surface area contributed by atoms with Gasteiger partial charge in [0.1, 0.15) is 11.1 Å². The van der Waals surface area contributed by atoms with Crippen LogP contribution in [0.1, 0.15) is 23.2 Å². The summed E-state index contributed by atoms with van der Waals surface area (Å²) in [4.78, 5) is 28.3. The molecule has 1 N–H and O–H groups in total. The maximum absolute atomic E-state index is 12.2. The monoisotopic (exact) mass is 312 g/mol. The summed E-state index contributed by atoms with van der Waals surface area (Å²) < 4.78 is 0.565. The molecule has 96 valence electrons.